The molecule has 2 rings (SSSR count). The fourth-order valence-electron chi connectivity index (χ4n) is 2.87. The van der Waals surface area contributed by atoms with E-state index in [9.17, 15) is 4.79 Å². The molecule has 0 aliphatic carbocycles. The Hall–Kier alpha value is -2.29. The van der Waals surface area contributed by atoms with Gasteiger partial charge in [-0.1, -0.05) is 50.2 Å². The van der Waals surface area contributed by atoms with Crippen LogP contribution in [0.15, 0.2) is 53.5 Å². The quantitative estimate of drug-likeness (QED) is 0.192. The molecule has 0 aliphatic rings. The second-order valence-electron chi connectivity index (χ2n) is 7.25. The number of hydrogen-bond donors (Lipinski definition) is 3. The average molecular weight is 524 g/mol. The number of ether oxygens (including phenoxy) is 1. The van der Waals surface area contributed by atoms with E-state index in [0.717, 1.165) is 30.9 Å². The van der Waals surface area contributed by atoms with E-state index in [1.807, 2.05) is 18.2 Å². The molecule has 0 saturated heterocycles. The summed E-state index contributed by atoms with van der Waals surface area (Å²) in [6, 6.07) is 16.4. The number of hydrogen-bond acceptors (Lipinski definition) is 3. The molecule has 0 fully saturated rings. The van der Waals surface area contributed by atoms with Crippen LogP contribution >= 0.6 is 24.0 Å². The van der Waals surface area contributed by atoms with E-state index >= 15 is 0 Å². The van der Waals surface area contributed by atoms with E-state index in [1.54, 1.807) is 13.1 Å². The van der Waals surface area contributed by atoms with Crippen LogP contribution in [-0.2, 0) is 17.8 Å². The third-order valence-corrected chi connectivity index (χ3v) is 4.54. The third kappa shape index (κ3) is 9.47. The predicted octanol–water partition coefficient (Wildman–Crippen LogP) is 3.59. The van der Waals surface area contributed by atoms with Crippen molar-refractivity contribution in [1.82, 2.24) is 10.6 Å². The number of aliphatic imine (C=N–C) groups is 1. The molecule has 0 aliphatic heterocycles. The number of aryl methyl sites for hydroxylation is 1. The SMILES string of the molecule is CN=C(NCCCc1ccc(C(C)C)cc1)NCc1cccc(OCC(N)=O)c1.I. The molecular weight excluding hydrogens is 491 g/mol. The number of nitrogens with two attached hydrogens (primary N) is 1. The molecule has 0 bridgehead atoms. The molecule has 0 atom stereocenters. The van der Waals surface area contributed by atoms with Gasteiger partial charge in [0.25, 0.3) is 5.91 Å². The Bertz CT molecular complexity index is 807. The zero-order valence-electron chi connectivity index (χ0n) is 18.0. The Morgan fingerprint density at radius 2 is 1.83 bits per heavy atom. The summed E-state index contributed by atoms with van der Waals surface area (Å²) in [6.45, 7) is 5.74. The van der Waals surface area contributed by atoms with Crippen molar-refractivity contribution in [3.8, 4) is 5.75 Å². The standard InChI is InChI=1S/C23H32N4O2.HI/c1-17(2)20-11-9-18(10-12-20)7-5-13-26-23(25-3)27-15-19-6-4-8-21(14-19)29-16-22(24)28;/h4,6,8-12,14,17H,5,7,13,15-16H2,1-3H3,(H2,24,28)(H2,25,26,27);1H. The molecule has 7 heteroatoms. The average Bonchev–Trinajstić information content (AvgIpc) is 2.72. The molecule has 2 aromatic rings. The van der Waals surface area contributed by atoms with Gasteiger partial charge in [-0.05, 0) is 47.6 Å². The lowest BCUT2D eigenvalue weighted by molar-refractivity contribution is -0.119. The summed E-state index contributed by atoms with van der Waals surface area (Å²) in [7, 11) is 1.76. The second-order valence-corrected chi connectivity index (χ2v) is 7.25. The first kappa shape index (κ1) is 25.7. The van der Waals surface area contributed by atoms with Gasteiger partial charge in [-0.15, -0.1) is 24.0 Å². The molecule has 2 aromatic carbocycles. The van der Waals surface area contributed by atoms with Gasteiger partial charge in [-0.2, -0.15) is 0 Å². The zero-order valence-corrected chi connectivity index (χ0v) is 20.3. The lowest BCUT2D eigenvalue weighted by atomic mass is 10.0. The van der Waals surface area contributed by atoms with Crippen molar-refractivity contribution in [3.63, 3.8) is 0 Å². The normalized spacial score (nSPS) is 11.0. The molecule has 0 saturated carbocycles. The number of halogens is 1. The van der Waals surface area contributed by atoms with Crippen LogP contribution in [0.2, 0.25) is 0 Å². The Labute approximate surface area is 196 Å². The Morgan fingerprint density at radius 1 is 1.10 bits per heavy atom. The van der Waals surface area contributed by atoms with Crippen LogP contribution in [0.3, 0.4) is 0 Å². The number of guanidine groups is 1. The molecule has 0 heterocycles. The van der Waals surface area contributed by atoms with Gasteiger partial charge in [0.1, 0.15) is 5.75 Å². The lowest BCUT2D eigenvalue weighted by Crippen LogP contribution is -2.37. The number of primary amides is 1. The smallest absolute Gasteiger partial charge is 0.255 e. The molecule has 30 heavy (non-hydrogen) atoms. The molecule has 0 unspecified atom stereocenters. The van der Waals surface area contributed by atoms with E-state index in [0.29, 0.717) is 18.2 Å². The minimum absolute atomic E-state index is 0. The molecule has 0 spiro atoms. The molecule has 4 N–H and O–H groups in total. The summed E-state index contributed by atoms with van der Waals surface area (Å²) in [5.74, 6) is 1.45. The van der Waals surface area contributed by atoms with Gasteiger partial charge >= 0.3 is 0 Å². The monoisotopic (exact) mass is 524 g/mol. The van der Waals surface area contributed by atoms with Crippen LogP contribution in [-0.4, -0.2) is 32.1 Å². The predicted molar refractivity (Wildman–Crippen MR) is 134 cm³/mol. The van der Waals surface area contributed by atoms with Gasteiger partial charge in [0, 0.05) is 20.1 Å². The van der Waals surface area contributed by atoms with Crippen LogP contribution in [0.5, 0.6) is 5.75 Å². The Kier molecular flexibility index (Phi) is 11.9. The van der Waals surface area contributed by atoms with Crippen molar-refractivity contribution in [2.45, 2.75) is 39.2 Å². The van der Waals surface area contributed by atoms with Crippen molar-refractivity contribution in [2.24, 2.45) is 10.7 Å². The highest BCUT2D eigenvalue weighted by Crippen LogP contribution is 2.15. The number of nitrogens with one attached hydrogen (secondary N) is 2. The third-order valence-electron chi connectivity index (χ3n) is 4.54. The molecule has 0 aromatic heterocycles. The van der Waals surface area contributed by atoms with E-state index in [2.05, 4.69) is 53.7 Å². The first-order valence-corrected chi connectivity index (χ1v) is 10.0. The number of nitrogens with zero attached hydrogens (tertiary/aromatic N) is 1. The van der Waals surface area contributed by atoms with Crippen molar-refractivity contribution in [2.75, 3.05) is 20.2 Å². The van der Waals surface area contributed by atoms with Gasteiger partial charge < -0.3 is 21.1 Å². The van der Waals surface area contributed by atoms with Crippen LogP contribution in [0.25, 0.3) is 0 Å². The number of benzene rings is 2. The fourth-order valence-corrected chi connectivity index (χ4v) is 2.87. The summed E-state index contributed by atoms with van der Waals surface area (Å²) >= 11 is 0. The maximum absolute atomic E-state index is 10.8. The van der Waals surface area contributed by atoms with Gasteiger partial charge in [-0.25, -0.2) is 0 Å². The summed E-state index contributed by atoms with van der Waals surface area (Å²) < 4.78 is 5.33. The largest absolute Gasteiger partial charge is 0.484 e. The maximum atomic E-state index is 10.8. The van der Waals surface area contributed by atoms with Crippen LogP contribution in [0.4, 0.5) is 0 Å². The Balaban J connectivity index is 0.00000450. The topological polar surface area (TPSA) is 88.7 Å². The molecule has 0 radical (unpaired) electrons. The van der Waals surface area contributed by atoms with Crippen LogP contribution in [0.1, 0.15) is 42.9 Å². The highest BCUT2D eigenvalue weighted by Gasteiger charge is 2.03. The highest BCUT2D eigenvalue weighted by atomic mass is 127. The number of carbonyl (C=O) groups is 1. The number of amides is 1. The minimum Gasteiger partial charge on any atom is -0.484 e. The van der Waals surface area contributed by atoms with Crippen molar-refractivity contribution >= 4 is 35.8 Å². The zero-order chi connectivity index (χ0) is 21.1. The van der Waals surface area contributed by atoms with Gasteiger partial charge in [0.2, 0.25) is 0 Å². The van der Waals surface area contributed by atoms with Crippen LogP contribution in [0, 0.1) is 0 Å². The Morgan fingerprint density at radius 3 is 2.47 bits per heavy atom. The molecule has 1 amide bonds. The molecular formula is C23H33IN4O2. The number of carbonyl (C=O) groups excluding carboxylic acids is 1. The van der Waals surface area contributed by atoms with Crippen LogP contribution < -0.4 is 21.1 Å². The minimum atomic E-state index is -0.492. The molecule has 6 nitrogen and oxygen atoms in total. The lowest BCUT2D eigenvalue weighted by Gasteiger charge is -2.13. The summed E-state index contributed by atoms with van der Waals surface area (Å²) in [5.41, 5.74) is 8.87. The summed E-state index contributed by atoms with van der Waals surface area (Å²) in [5, 5.41) is 6.63. The fraction of sp³-hybridized carbons (Fsp3) is 0.391. The van der Waals surface area contributed by atoms with E-state index in [4.69, 9.17) is 10.5 Å². The van der Waals surface area contributed by atoms with E-state index < -0.39 is 5.91 Å². The van der Waals surface area contributed by atoms with Crippen molar-refractivity contribution in [1.29, 1.82) is 0 Å². The van der Waals surface area contributed by atoms with Gasteiger partial charge in [-0.3, -0.25) is 9.79 Å². The summed E-state index contributed by atoms with van der Waals surface area (Å²) in [4.78, 5) is 15.1. The van der Waals surface area contributed by atoms with E-state index in [-0.39, 0.29) is 30.6 Å². The first-order valence-electron chi connectivity index (χ1n) is 10.0. The van der Waals surface area contributed by atoms with Gasteiger partial charge in [0.15, 0.2) is 12.6 Å². The maximum Gasteiger partial charge on any atom is 0.255 e. The van der Waals surface area contributed by atoms with E-state index in [1.165, 1.54) is 11.1 Å². The van der Waals surface area contributed by atoms with Gasteiger partial charge in [0.05, 0.1) is 0 Å². The first-order chi connectivity index (χ1) is 14.0. The number of rotatable bonds is 10. The van der Waals surface area contributed by atoms with Crippen molar-refractivity contribution in [3.05, 3.63) is 65.2 Å². The second kappa shape index (κ2) is 13.8. The summed E-state index contributed by atoms with van der Waals surface area (Å²) in [6.07, 6.45) is 2.06. The van der Waals surface area contributed by atoms with Crippen molar-refractivity contribution < 1.29 is 9.53 Å². The highest BCUT2D eigenvalue weighted by molar-refractivity contribution is 14.0. The molecule has 164 valence electrons.